The third-order valence-electron chi connectivity index (χ3n) is 6.41. The smallest absolute Gasteiger partial charge is 0.271 e. The van der Waals surface area contributed by atoms with Gasteiger partial charge in [0.2, 0.25) is 0 Å². The molecule has 0 spiro atoms. The van der Waals surface area contributed by atoms with Crippen LogP contribution < -0.4 is 53.3 Å². The number of hydrogen-bond donors (Lipinski definition) is 6. The van der Waals surface area contributed by atoms with Gasteiger partial charge in [-0.3, -0.25) is 34.4 Å². The molecule has 40 heavy (non-hydrogen) atoms. The molecule has 5 aromatic carbocycles. The quantitative estimate of drug-likeness (QED) is 0.126. The predicted octanol–water partition coefficient (Wildman–Crippen LogP) is 3.08. The summed E-state index contributed by atoms with van der Waals surface area (Å²) in [6.07, 6.45) is 0. The largest absolute Gasteiger partial charge is 0.497 e. The Morgan fingerprint density at radius 2 is 0.800 bits per heavy atom. The summed E-state index contributed by atoms with van der Waals surface area (Å²) in [5.74, 6) is -1.34. The maximum atomic E-state index is 5.74. The van der Waals surface area contributed by atoms with Crippen molar-refractivity contribution in [2.24, 2.45) is 34.4 Å². The van der Waals surface area contributed by atoms with Gasteiger partial charge in [-0.25, -0.2) is 0 Å². The zero-order valence-electron chi connectivity index (χ0n) is 22.2. The second-order valence-electron chi connectivity index (χ2n) is 9.53. The van der Waals surface area contributed by atoms with Crippen LogP contribution in [-0.2, 0) is 0 Å². The first kappa shape index (κ1) is 27.2. The van der Waals surface area contributed by atoms with E-state index in [2.05, 4.69) is 0 Å². The number of methoxy groups -OCH3 is 2. The summed E-state index contributed by atoms with van der Waals surface area (Å²) < 4.78 is 22.0. The van der Waals surface area contributed by atoms with Crippen LogP contribution in [0.2, 0.25) is 0 Å². The van der Waals surface area contributed by atoms with E-state index in [1.807, 2.05) is 66.7 Å². The lowest BCUT2D eigenvalue weighted by atomic mass is 9.85. The summed E-state index contributed by atoms with van der Waals surface area (Å²) >= 11 is 0. The van der Waals surface area contributed by atoms with Gasteiger partial charge in [0.05, 0.1) is 14.2 Å². The maximum absolute atomic E-state index is 5.74. The summed E-state index contributed by atoms with van der Waals surface area (Å²) in [6, 6.07) is 26.8. The monoisotopic (exact) mass is 540 g/mol. The molecule has 0 atom stereocenters. The SMILES string of the molecule is COc1ccc(-c2c(-c3ccc(OC(N)(N)N)cc3)c3ccc(OC(N)(N)N)cc3c3cc(OC)ccc23)cc1. The number of rotatable bonds is 8. The van der Waals surface area contributed by atoms with E-state index in [1.54, 1.807) is 32.4 Å². The molecule has 0 amide bonds. The van der Waals surface area contributed by atoms with Gasteiger partial charge in [0.25, 0.3) is 11.9 Å². The average Bonchev–Trinajstić information content (AvgIpc) is 2.91. The van der Waals surface area contributed by atoms with Crippen molar-refractivity contribution in [1.82, 2.24) is 0 Å². The summed E-state index contributed by atoms with van der Waals surface area (Å²) in [5, 5.41) is 3.74. The van der Waals surface area contributed by atoms with Crippen LogP contribution in [0.5, 0.6) is 23.0 Å². The minimum Gasteiger partial charge on any atom is -0.497 e. The van der Waals surface area contributed by atoms with Crippen molar-refractivity contribution in [3.05, 3.63) is 84.9 Å². The fourth-order valence-electron chi connectivity index (χ4n) is 4.84. The molecule has 12 N–H and O–H groups in total. The fraction of sp³-hybridized carbons (Fsp3) is 0.133. The Bertz CT molecular complexity index is 1680. The maximum Gasteiger partial charge on any atom is 0.271 e. The van der Waals surface area contributed by atoms with Gasteiger partial charge in [-0.15, -0.1) is 0 Å². The standard InChI is InChI=1S/C30H32N6O4/c1-37-19-7-3-17(4-8-19)27-23-13-11-21(38-2)15-25(23)26-16-22(40-30(34,35)36)12-14-24(26)28(27)18-5-9-20(10-6-18)39-29(31,32)33/h3-16H,31-36H2,1-2H3. The van der Waals surface area contributed by atoms with E-state index in [1.165, 1.54) is 0 Å². The van der Waals surface area contributed by atoms with Crippen molar-refractivity contribution in [3.63, 3.8) is 0 Å². The highest BCUT2D eigenvalue weighted by atomic mass is 16.5. The Kier molecular flexibility index (Phi) is 6.98. The van der Waals surface area contributed by atoms with Gasteiger partial charge < -0.3 is 18.9 Å². The molecule has 0 aliphatic carbocycles. The third-order valence-corrected chi connectivity index (χ3v) is 6.41. The highest BCUT2D eigenvalue weighted by Gasteiger charge is 2.21. The van der Waals surface area contributed by atoms with E-state index < -0.39 is 11.9 Å². The molecule has 0 saturated heterocycles. The van der Waals surface area contributed by atoms with Crippen LogP contribution in [0.15, 0.2) is 84.9 Å². The van der Waals surface area contributed by atoms with Gasteiger partial charge in [-0.05, 0) is 92.3 Å². The van der Waals surface area contributed by atoms with Crippen molar-refractivity contribution >= 4 is 21.5 Å². The highest BCUT2D eigenvalue weighted by Crippen LogP contribution is 2.46. The van der Waals surface area contributed by atoms with Gasteiger partial charge >= 0.3 is 0 Å². The molecule has 0 heterocycles. The Morgan fingerprint density at radius 3 is 1.25 bits per heavy atom. The first-order chi connectivity index (χ1) is 19.0. The van der Waals surface area contributed by atoms with E-state index in [0.717, 1.165) is 49.5 Å². The molecular weight excluding hydrogens is 508 g/mol. The van der Waals surface area contributed by atoms with Crippen LogP contribution in [-0.4, -0.2) is 26.2 Å². The first-order valence-electron chi connectivity index (χ1n) is 12.4. The van der Waals surface area contributed by atoms with E-state index in [4.69, 9.17) is 53.3 Å². The summed E-state index contributed by atoms with van der Waals surface area (Å²) in [5.41, 5.74) is 38.0. The number of fused-ring (bicyclic) bond motifs is 3. The molecule has 5 aromatic rings. The van der Waals surface area contributed by atoms with Crippen LogP contribution in [0.25, 0.3) is 43.8 Å². The second kappa shape index (κ2) is 10.3. The minimum atomic E-state index is -1.84. The van der Waals surface area contributed by atoms with E-state index in [9.17, 15) is 0 Å². The van der Waals surface area contributed by atoms with Crippen LogP contribution in [0.3, 0.4) is 0 Å². The lowest BCUT2D eigenvalue weighted by molar-refractivity contribution is 0.0897. The lowest BCUT2D eigenvalue weighted by Gasteiger charge is -2.23. The number of nitrogens with two attached hydrogens (primary N) is 6. The van der Waals surface area contributed by atoms with Gasteiger partial charge in [-0.1, -0.05) is 36.4 Å². The fourth-order valence-corrected chi connectivity index (χ4v) is 4.84. The molecule has 206 valence electrons. The molecule has 5 rings (SSSR count). The van der Waals surface area contributed by atoms with Crippen LogP contribution in [0.4, 0.5) is 0 Å². The van der Waals surface area contributed by atoms with Crippen molar-refractivity contribution in [2.75, 3.05) is 14.2 Å². The highest BCUT2D eigenvalue weighted by molar-refractivity contribution is 6.22. The molecule has 0 bridgehead atoms. The summed E-state index contributed by atoms with van der Waals surface area (Å²) in [6.45, 7) is 0. The Hall–Kier alpha value is -4.42. The van der Waals surface area contributed by atoms with Crippen molar-refractivity contribution in [2.45, 2.75) is 11.9 Å². The number of benzene rings is 5. The van der Waals surface area contributed by atoms with Gasteiger partial charge in [0.15, 0.2) is 0 Å². The zero-order valence-corrected chi connectivity index (χ0v) is 22.2. The molecule has 10 heteroatoms. The summed E-state index contributed by atoms with van der Waals surface area (Å²) in [4.78, 5) is 0. The topological polar surface area (TPSA) is 193 Å². The van der Waals surface area contributed by atoms with E-state index in [0.29, 0.717) is 17.2 Å². The second-order valence-corrected chi connectivity index (χ2v) is 9.53. The number of hydrogen-bond acceptors (Lipinski definition) is 10. The first-order valence-corrected chi connectivity index (χ1v) is 12.4. The van der Waals surface area contributed by atoms with Crippen molar-refractivity contribution < 1.29 is 18.9 Å². The molecule has 10 nitrogen and oxygen atoms in total. The van der Waals surface area contributed by atoms with Gasteiger partial charge in [-0.2, -0.15) is 0 Å². The Balaban J connectivity index is 1.86. The molecule has 0 aromatic heterocycles. The zero-order chi connectivity index (χ0) is 28.7. The normalized spacial score (nSPS) is 12.0. The van der Waals surface area contributed by atoms with Crippen molar-refractivity contribution in [3.8, 4) is 45.3 Å². The average molecular weight is 541 g/mol. The van der Waals surface area contributed by atoms with E-state index in [-0.39, 0.29) is 0 Å². The molecular formula is C30H32N6O4. The van der Waals surface area contributed by atoms with Gasteiger partial charge in [0.1, 0.15) is 23.0 Å². The molecule has 0 radical (unpaired) electrons. The van der Waals surface area contributed by atoms with E-state index >= 15 is 0 Å². The lowest BCUT2D eigenvalue weighted by Crippen LogP contribution is -2.62. The van der Waals surface area contributed by atoms with Gasteiger partial charge in [0, 0.05) is 0 Å². The van der Waals surface area contributed by atoms with Crippen LogP contribution in [0, 0.1) is 0 Å². The minimum absolute atomic E-state index is 0.418. The molecule has 0 aliphatic heterocycles. The Labute approximate surface area is 231 Å². The van der Waals surface area contributed by atoms with Crippen molar-refractivity contribution in [1.29, 1.82) is 0 Å². The molecule has 0 unspecified atom stereocenters. The third kappa shape index (κ3) is 5.63. The van der Waals surface area contributed by atoms with Crippen LogP contribution >= 0.6 is 0 Å². The summed E-state index contributed by atoms with van der Waals surface area (Å²) in [7, 11) is 3.27. The predicted molar refractivity (Wildman–Crippen MR) is 157 cm³/mol. The number of ether oxygens (including phenoxy) is 4. The Morgan fingerprint density at radius 1 is 0.425 bits per heavy atom. The molecule has 0 aliphatic rings. The van der Waals surface area contributed by atoms with Crippen LogP contribution in [0.1, 0.15) is 0 Å². The molecule has 0 saturated carbocycles. The molecule has 0 fully saturated rings.